The highest BCUT2D eigenvalue weighted by Crippen LogP contribution is 2.38. The van der Waals surface area contributed by atoms with Crippen molar-refractivity contribution >= 4 is 11.9 Å². The molecule has 18 nitrogen and oxygen atoms in total. The Bertz CT molecular complexity index is 1670. The number of cyclic esters (lactones) is 1. The molecule has 3 rings (SSSR count). The zero-order chi connectivity index (χ0) is 48.4. The van der Waals surface area contributed by atoms with Crippen LogP contribution in [0.2, 0.25) is 0 Å². The van der Waals surface area contributed by atoms with Gasteiger partial charge in [0, 0.05) is 37.5 Å². The minimum Gasteiger partial charge on any atom is -0.481 e. The van der Waals surface area contributed by atoms with Gasteiger partial charge in [0.1, 0.15) is 18.1 Å². The lowest BCUT2D eigenvalue weighted by atomic mass is 9.82. The number of nitrogens with two attached hydrogens (primary N) is 1. The first kappa shape index (κ1) is 55.9. The predicted octanol–water partition coefficient (Wildman–Crippen LogP) is 0.712. The van der Waals surface area contributed by atoms with Crippen LogP contribution >= 0.6 is 0 Å². The first-order valence-electron chi connectivity index (χ1n) is 22.3. The second-order valence-electron chi connectivity index (χ2n) is 17.6. The number of carbonyl (C=O) groups excluding carboxylic acids is 1. The Morgan fingerprint density at radius 2 is 1.23 bits per heavy atom. The van der Waals surface area contributed by atoms with Crippen molar-refractivity contribution < 1.29 is 84.7 Å². The fraction of sp³-hybridized carbons (Fsp3) is 0.660. The van der Waals surface area contributed by atoms with Crippen molar-refractivity contribution in [1.82, 2.24) is 0 Å². The number of aliphatic carboxylic acids is 1. The lowest BCUT2D eigenvalue weighted by Gasteiger charge is -2.45. The van der Waals surface area contributed by atoms with E-state index in [-0.39, 0.29) is 31.6 Å². The number of rotatable bonds is 3. The van der Waals surface area contributed by atoms with Crippen LogP contribution in [0.25, 0.3) is 0 Å². The average molecular weight is 924 g/mol. The van der Waals surface area contributed by atoms with Gasteiger partial charge < -0.3 is 80.9 Å². The number of carboxylic acids is 1. The van der Waals surface area contributed by atoms with E-state index in [1.54, 1.807) is 86.8 Å². The van der Waals surface area contributed by atoms with Crippen LogP contribution in [0.1, 0.15) is 79.1 Å². The van der Waals surface area contributed by atoms with E-state index in [0.29, 0.717) is 0 Å². The van der Waals surface area contributed by atoms with Crippen molar-refractivity contribution in [2.75, 3.05) is 0 Å². The monoisotopic (exact) mass is 923 g/mol. The molecule has 0 amide bonds. The van der Waals surface area contributed by atoms with Crippen LogP contribution in [0.3, 0.4) is 0 Å². The molecule has 13 N–H and O–H groups in total. The van der Waals surface area contributed by atoms with E-state index >= 15 is 0 Å². The molecule has 2 fully saturated rings. The van der Waals surface area contributed by atoms with Gasteiger partial charge in [-0.1, -0.05) is 98.9 Å². The van der Waals surface area contributed by atoms with Gasteiger partial charge in [-0.25, -0.2) is 0 Å². The standard InChI is InChI=1S/C47H73NO17/c1-27-17-15-13-11-9-7-5-6-8-10-12-14-16-18-34(64-46-44(58)41(48)43(57)30(4)63-46)24-38-40(45(59)60)37(54)26-47(61,65-38)25-33(51)21-31(49)19-20-35(52)36(53)22-32(50)23-39(55)62-29(3)28(2)42(27)56/h5-18,27-38,40-44,46,49-54,56-58,61H,19-26,48H2,1-4H3,(H,59,60)/b6-5+,9-7+,10-8+,13-11+,14-12+,17-15+,18-16+/t27-,28+,29-,30+,31-,32+,33-,34-,35-,36-,37-,38-,40+,41-,42+,43+,44-,46-,47+/m0/s1. The number of carbonyl (C=O) groups is 2. The smallest absolute Gasteiger partial charge is 0.311 e. The van der Waals surface area contributed by atoms with Gasteiger partial charge in [-0.15, -0.1) is 0 Å². The number of carboxylic acid groups (broad SMARTS) is 1. The van der Waals surface area contributed by atoms with Crippen molar-refractivity contribution in [1.29, 1.82) is 0 Å². The van der Waals surface area contributed by atoms with Gasteiger partial charge in [-0.05, 0) is 33.1 Å². The SMILES string of the molecule is C[C@H]1[C@H](O)[C@@H](C)/C=C/C=C/C=C/C=C/C=C/C=C/C=C/[C@H](O[C@@H]2O[C@H](C)[C@@H](O)[C@H](N)[C@@H]2O)C[C@@H]2O[C@](O)(C[C@@H](O)C[C@@H](O)CC[C@H](O)[C@@H](O)C[C@@H](O)CC(=O)O[C@H]1C)C[C@H](O)[C@H]2C(=O)O. The van der Waals surface area contributed by atoms with E-state index in [0.717, 1.165) is 0 Å². The van der Waals surface area contributed by atoms with E-state index in [1.165, 1.54) is 13.0 Å². The summed E-state index contributed by atoms with van der Waals surface area (Å²) in [6.07, 6.45) is 3.55. The molecule has 3 heterocycles. The van der Waals surface area contributed by atoms with Gasteiger partial charge in [0.25, 0.3) is 0 Å². The molecule has 0 saturated carbocycles. The topological polar surface area (TPSA) is 320 Å². The molecule has 2 bridgehead atoms. The minimum absolute atomic E-state index is 0.140. The van der Waals surface area contributed by atoms with Gasteiger partial charge in [0.05, 0.1) is 79.6 Å². The average Bonchev–Trinajstić information content (AvgIpc) is 3.21. The fourth-order valence-electron chi connectivity index (χ4n) is 7.97. The Kier molecular flexibility index (Phi) is 23.6. The molecule has 0 spiro atoms. The summed E-state index contributed by atoms with van der Waals surface area (Å²) in [7, 11) is 0. The van der Waals surface area contributed by atoms with Gasteiger partial charge >= 0.3 is 11.9 Å². The Labute approximate surface area is 381 Å². The van der Waals surface area contributed by atoms with E-state index in [2.05, 4.69) is 0 Å². The zero-order valence-corrected chi connectivity index (χ0v) is 37.6. The van der Waals surface area contributed by atoms with E-state index in [9.17, 15) is 65.8 Å². The third-order valence-corrected chi connectivity index (χ3v) is 12.0. The van der Waals surface area contributed by atoms with Crippen molar-refractivity contribution in [3.05, 3.63) is 85.1 Å². The molecule has 0 aromatic heterocycles. The van der Waals surface area contributed by atoms with Gasteiger partial charge in [-0.3, -0.25) is 9.59 Å². The molecule has 0 aromatic carbocycles. The normalized spacial score (nSPS) is 45.5. The van der Waals surface area contributed by atoms with Gasteiger partial charge in [0.15, 0.2) is 12.1 Å². The summed E-state index contributed by atoms with van der Waals surface area (Å²) in [5.74, 6) is -6.82. The second-order valence-corrected chi connectivity index (χ2v) is 17.6. The number of hydrogen-bond acceptors (Lipinski definition) is 17. The molecule has 0 radical (unpaired) electrons. The highest BCUT2D eigenvalue weighted by atomic mass is 16.7. The molecular weight excluding hydrogens is 851 g/mol. The maximum Gasteiger partial charge on any atom is 0.311 e. The van der Waals surface area contributed by atoms with Crippen LogP contribution in [0.4, 0.5) is 0 Å². The molecule has 0 aromatic rings. The molecule has 0 aliphatic carbocycles. The lowest BCUT2D eigenvalue weighted by Crippen LogP contribution is -2.61. The highest BCUT2D eigenvalue weighted by Gasteiger charge is 2.51. The first-order chi connectivity index (χ1) is 30.6. The maximum atomic E-state index is 12.6. The third-order valence-electron chi connectivity index (χ3n) is 12.0. The molecule has 368 valence electrons. The number of esters is 1. The van der Waals surface area contributed by atoms with Crippen molar-refractivity contribution in [3.63, 3.8) is 0 Å². The molecule has 3 aliphatic heterocycles. The maximum absolute atomic E-state index is 12.6. The molecule has 18 heteroatoms. The number of allylic oxidation sites excluding steroid dienone is 12. The van der Waals surface area contributed by atoms with Crippen LogP contribution in [0.5, 0.6) is 0 Å². The summed E-state index contributed by atoms with van der Waals surface area (Å²) in [6.45, 7) is 6.72. The van der Waals surface area contributed by atoms with E-state index in [4.69, 9.17) is 24.7 Å². The third kappa shape index (κ3) is 18.6. The molecule has 0 unspecified atom stereocenters. The highest BCUT2D eigenvalue weighted by molar-refractivity contribution is 5.71. The molecule has 2 saturated heterocycles. The fourth-order valence-corrected chi connectivity index (χ4v) is 7.97. The quantitative estimate of drug-likeness (QED) is 0.174. The summed E-state index contributed by atoms with van der Waals surface area (Å²) >= 11 is 0. The van der Waals surface area contributed by atoms with Crippen molar-refractivity contribution in [3.8, 4) is 0 Å². The first-order valence-corrected chi connectivity index (χ1v) is 22.3. The number of aliphatic hydroxyl groups is 10. The largest absolute Gasteiger partial charge is 0.481 e. The Hall–Kier alpha value is -3.44. The van der Waals surface area contributed by atoms with Crippen molar-refractivity contribution in [2.45, 2.75) is 177 Å². The van der Waals surface area contributed by atoms with Gasteiger partial charge in [-0.2, -0.15) is 0 Å². The minimum atomic E-state index is -2.29. The lowest BCUT2D eigenvalue weighted by molar-refractivity contribution is -0.308. The molecular formula is C47H73NO17. The van der Waals surface area contributed by atoms with E-state index < -0.39 is 147 Å². The number of ether oxygens (including phenoxy) is 4. The van der Waals surface area contributed by atoms with Gasteiger partial charge in [0.2, 0.25) is 0 Å². The van der Waals surface area contributed by atoms with Crippen LogP contribution in [0, 0.1) is 17.8 Å². The second kappa shape index (κ2) is 27.4. The molecule has 65 heavy (non-hydrogen) atoms. The van der Waals surface area contributed by atoms with Crippen molar-refractivity contribution in [2.24, 2.45) is 23.5 Å². The predicted molar refractivity (Wildman–Crippen MR) is 237 cm³/mol. The van der Waals surface area contributed by atoms with Crippen LogP contribution < -0.4 is 5.73 Å². The Balaban J connectivity index is 1.86. The summed E-state index contributed by atoms with van der Waals surface area (Å²) < 4.78 is 23.1. The number of fused-ring (bicyclic) bond motifs is 2. The van der Waals surface area contributed by atoms with Crippen LogP contribution in [-0.2, 0) is 28.5 Å². The van der Waals surface area contributed by atoms with Crippen LogP contribution in [0.15, 0.2) is 85.1 Å². The summed E-state index contributed by atoms with van der Waals surface area (Å²) in [6, 6.07) is -1.14. The molecule has 19 atom stereocenters. The van der Waals surface area contributed by atoms with E-state index in [1.807, 2.05) is 13.0 Å². The number of aliphatic hydroxyl groups excluding tert-OH is 9. The summed E-state index contributed by atoms with van der Waals surface area (Å²) in [4.78, 5) is 25.1. The number of hydrogen-bond donors (Lipinski definition) is 12. The molecule has 3 aliphatic rings. The summed E-state index contributed by atoms with van der Waals surface area (Å²) in [5, 5.41) is 118. The summed E-state index contributed by atoms with van der Waals surface area (Å²) in [5.41, 5.74) is 6.02. The Morgan fingerprint density at radius 3 is 1.82 bits per heavy atom. The Morgan fingerprint density at radius 1 is 0.662 bits per heavy atom. The zero-order valence-electron chi connectivity index (χ0n) is 37.6. The van der Waals surface area contributed by atoms with Crippen LogP contribution in [-0.4, -0.2) is 166 Å².